The summed E-state index contributed by atoms with van der Waals surface area (Å²) < 4.78 is 21.5. The third kappa shape index (κ3) is 3.82. The normalized spacial score (nSPS) is 10.4. The highest BCUT2D eigenvalue weighted by Gasteiger charge is 2.11. The van der Waals surface area contributed by atoms with E-state index in [0.29, 0.717) is 24.1 Å². The number of ether oxygens (including phenoxy) is 3. The number of nitrogens with one attached hydrogen (secondary N) is 1. The topological polar surface area (TPSA) is 78.6 Å². The lowest BCUT2D eigenvalue weighted by atomic mass is 10.2. The van der Waals surface area contributed by atoms with Crippen molar-refractivity contribution in [2.45, 2.75) is 6.54 Å². The molecule has 1 aromatic heterocycles. The van der Waals surface area contributed by atoms with Crippen molar-refractivity contribution in [3.8, 4) is 28.7 Å². The molecule has 0 spiro atoms. The number of hydrogen-bond acceptors (Lipinski definition) is 7. The summed E-state index contributed by atoms with van der Waals surface area (Å²) in [6.07, 6.45) is 0. The zero-order valence-electron chi connectivity index (χ0n) is 14.3. The van der Waals surface area contributed by atoms with Crippen LogP contribution in [0.3, 0.4) is 0 Å². The van der Waals surface area contributed by atoms with Gasteiger partial charge in [-0.05, 0) is 30.3 Å². The molecule has 3 rings (SSSR count). The lowest BCUT2D eigenvalue weighted by molar-refractivity contribution is 0.395. The molecule has 0 unspecified atom stereocenters. The van der Waals surface area contributed by atoms with E-state index in [4.69, 9.17) is 18.6 Å². The van der Waals surface area contributed by atoms with Gasteiger partial charge >= 0.3 is 0 Å². The Balaban J connectivity index is 1.72. The summed E-state index contributed by atoms with van der Waals surface area (Å²) >= 11 is 0. The van der Waals surface area contributed by atoms with Crippen molar-refractivity contribution in [2.75, 3.05) is 26.6 Å². The van der Waals surface area contributed by atoms with Crippen molar-refractivity contribution in [3.05, 3.63) is 48.4 Å². The number of rotatable bonds is 7. The molecular weight excluding hydrogens is 322 g/mol. The Kier molecular flexibility index (Phi) is 5.03. The highest BCUT2D eigenvalue weighted by molar-refractivity contribution is 5.59. The average Bonchev–Trinajstić information content (AvgIpc) is 3.15. The molecule has 0 radical (unpaired) electrons. The molecule has 0 amide bonds. The molecule has 0 saturated carbocycles. The van der Waals surface area contributed by atoms with Crippen molar-refractivity contribution < 1.29 is 18.6 Å². The second-order valence-corrected chi connectivity index (χ2v) is 5.15. The smallest absolute Gasteiger partial charge is 0.247 e. The minimum Gasteiger partial charge on any atom is -0.497 e. The Morgan fingerprint density at radius 2 is 1.72 bits per heavy atom. The quantitative estimate of drug-likeness (QED) is 0.706. The zero-order valence-corrected chi connectivity index (χ0v) is 14.3. The number of benzene rings is 2. The van der Waals surface area contributed by atoms with Crippen LogP contribution in [0.15, 0.2) is 46.9 Å². The minimum atomic E-state index is 0.375. The van der Waals surface area contributed by atoms with Gasteiger partial charge in [-0.3, -0.25) is 0 Å². The first-order chi connectivity index (χ1) is 12.2. The lowest BCUT2D eigenvalue weighted by Crippen LogP contribution is -2.02. The van der Waals surface area contributed by atoms with Crippen LogP contribution in [0.5, 0.6) is 17.2 Å². The molecule has 0 atom stereocenters. The lowest BCUT2D eigenvalue weighted by Gasteiger charge is -2.11. The molecule has 0 saturated heterocycles. The van der Waals surface area contributed by atoms with E-state index in [9.17, 15) is 0 Å². The molecule has 7 heteroatoms. The first-order valence-corrected chi connectivity index (χ1v) is 7.66. The van der Waals surface area contributed by atoms with Gasteiger partial charge in [0.1, 0.15) is 17.2 Å². The second kappa shape index (κ2) is 7.57. The third-order valence-electron chi connectivity index (χ3n) is 3.62. The first kappa shape index (κ1) is 16.6. The fourth-order valence-electron chi connectivity index (χ4n) is 2.31. The van der Waals surface area contributed by atoms with Crippen molar-refractivity contribution in [3.63, 3.8) is 0 Å². The van der Waals surface area contributed by atoms with Crippen molar-refractivity contribution in [1.29, 1.82) is 0 Å². The molecular formula is C18H19N3O4. The summed E-state index contributed by atoms with van der Waals surface area (Å²) in [5.41, 5.74) is 1.62. The Morgan fingerprint density at radius 1 is 0.920 bits per heavy atom. The number of methoxy groups -OCH3 is 3. The van der Waals surface area contributed by atoms with Gasteiger partial charge in [0.15, 0.2) is 0 Å². The molecule has 0 bridgehead atoms. The second-order valence-electron chi connectivity index (χ2n) is 5.15. The fourth-order valence-corrected chi connectivity index (χ4v) is 2.31. The van der Waals surface area contributed by atoms with Gasteiger partial charge in [-0.25, -0.2) is 0 Å². The van der Waals surface area contributed by atoms with Crippen LogP contribution < -0.4 is 19.5 Å². The number of anilines is 1. The van der Waals surface area contributed by atoms with Gasteiger partial charge in [0, 0.05) is 11.6 Å². The van der Waals surface area contributed by atoms with Gasteiger partial charge in [0.2, 0.25) is 11.8 Å². The van der Waals surface area contributed by atoms with Crippen LogP contribution in [0.2, 0.25) is 0 Å². The van der Waals surface area contributed by atoms with Crippen LogP contribution in [-0.2, 0) is 6.54 Å². The predicted octanol–water partition coefficient (Wildman–Crippen LogP) is 3.37. The minimum absolute atomic E-state index is 0.375. The zero-order chi connectivity index (χ0) is 17.6. The van der Waals surface area contributed by atoms with Crippen LogP contribution >= 0.6 is 0 Å². The van der Waals surface area contributed by atoms with Crippen molar-refractivity contribution in [2.24, 2.45) is 0 Å². The van der Waals surface area contributed by atoms with E-state index in [2.05, 4.69) is 15.5 Å². The molecule has 0 aliphatic carbocycles. The third-order valence-corrected chi connectivity index (χ3v) is 3.62. The first-order valence-electron chi connectivity index (χ1n) is 7.66. The highest BCUT2D eigenvalue weighted by Crippen LogP contribution is 2.29. The monoisotopic (exact) mass is 341 g/mol. The van der Waals surface area contributed by atoms with Gasteiger partial charge in [0.25, 0.3) is 0 Å². The summed E-state index contributed by atoms with van der Waals surface area (Å²) in [5, 5.41) is 11.4. The summed E-state index contributed by atoms with van der Waals surface area (Å²) in [6.45, 7) is 0.375. The van der Waals surface area contributed by atoms with Crippen LogP contribution in [0.1, 0.15) is 5.89 Å². The van der Waals surface area contributed by atoms with E-state index in [-0.39, 0.29) is 0 Å². The van der Waals surface area contributed by atoms with E-state index in [1.54, 1.807) is 27.4 Å². The SMILES string of the molecule is COc1cccc(-c2nnc(CNc3ccc(OC)cc3OC)o2)c1. The maximum atomic E-state index is 5.70. The average molecular weight is 341 g/mol. The Hall–Kier alpha value is -3.22. The summed E-state index contributed by atoms with van der Waals surface area (Å²) in [5.74, 6) is 3.04. The molecule has 0 fully saturated rings. The highest BCUT2D eigenvalue weighted by atomic mass is 16.5. The molecule has 2 aromatic carbocycles. The molecule has 25 heavy (non-hydrogen) atoms. The van der Waals surface area contributed by atoms with Gasteiger partial charge in [-0.1, -0.05) is 6.07 Å². The van der Waals surface area contributed by atoms with E-state index in [1.165, 1.54) is 0 Å². The summed E-state index contributed by atoms with van der Waals surface area (Å²) in [6, 6.07) is 13.0. The Bertz CT molecular complexity index is 848. The maximum Gasteiger partial charge on any atom is 0.247 e. The fraction of sp³-hybridized carbons (Fsp3) is 0.222. The number of hydrogen-bond donors (Lipinski definition) is 1. The molecule has 3 aromatic rings. The van der Waals surface area contributed by atoms with Gasteiger partial charge in [-0.15, -0.1) is 10.2 Å². The molecule has 7 nitrogen and oxygen atoms in total. The van der Waals surface area contributed by atoms with Crippen LogP contribution in [0.4, 0.5) is 5.69 Å². The number of nitrogens with zero attached hydrogens (tertiary/aromatic N) is 2. The van der Waals surface area contributed by atoms with Crippen LogP contribution in [0, 0.1) is 0 Å². The van der Waals surface area contributed by atoms with E-state index in [1.807, 2.05) is 36.4 Å². The molecule has 0 aliphatic heterocycles. The predicted molar refractivity (Wildman–Crippen MR) is 93.2 cm³/mol. The van der Waals surface area contributed by atoms with Crippen LogP contribution in [0.25, 0.3) is 11.5 Å². The summed E-state index contributed by atoms with van der Waals surface area (Å²) in [4.78, 5) is 0. The van der Waals surface area contributed by atoms with Gasteiger partial charge in [0.05, 0.1) is 33.6 Å². The van der Waals surface area contributed by atoms with E-state index >= 15 is 0 Å². The van der Waals surface area contributed by atoms with Crippen molar-refractivity contribution >= 4 is 5.69 Å². The molecule has 0 aliphatic rings. The molecule has 130 valence electrons. The maximum absolute atomic E-state index is 5.70. The summed E-state index contributed by atoms with van der Waals surface area (Å²) in [7, 11) is 4.83. The van der Waals surface area contributed by atoms with Gasteiger partial charge in [-0.2, -0.15) is 0 Å². The van der Waals surface area contributed by atoms with E-state index in [0.717, 1.165) is 22.7 Å². The Morgan fingerprint density at radius 3 is 2.48 bits per heavy atom. The molecule has 1 heterocycles. The largest absolute Gasteiger partial charge is 0.497 e. The molecule has 1 N–H and O–H groups in total. The van der Waals surface area contributed by atoms with E-state index < -0.39 is 0 Å². The van der Waals surface area contributed by atoms with Crippen molar-refractivity contribution in [1.82, 2.24) is 10.2 Å². The van der Waals surface area contributed by atoms with Gasteiger partial charge < -0.3 is 23.9 Å². The number of aromatic nitrogens is 2. The van der Waals surface area contributed by atoms with Crippen LogP contribution in [-0.4, -0.2) is 31.5 Å². The standard InChI is InChI=1S/C18H19N3O4/c1-22-13-6-4-5-12(9-13)18-21-20-17(25-18)11-19-15-8-7-14(23-2)10-16(15)24-3/h4-10,19H,11H2,1-3H3. The Labute approximate surface area is 145 Å².